The van der Waals surface area contributed by atoms with Crippen molar-refractivity contribution in [2.45, 2.75) is 19.5 Å². The average Bonchev–Trinajstić information content (AvgIpc) is 2.89. The summed E-state index contributed by atoms with van der Waals surface area (Å²) in [6, 6.07) is 0.234. The molecule has 0 aliphatic rings. The molecule has 0 radical (unpaired) electrons. The molecule has 17 heavy (non-hydrogen) atoms. The van der Waals surface area contributed by atoms with Gasteiger partial charge < -0.3 is 20.4 Å². The van der Waals surface area contributed by atoms with Crippen molar-refractivity contribution < 1.29 is 4.74 Å². The maximum absolute atomic E-state index is 5.68. The number of nitrogens with one attached hydrogen (secondary N) is 1. The lowest BCUT2D eigenvalue weighted by Gasteiger charge is -2.14. The Morgan fingerprint density at radius 3 is 3.12 bits per heavy atom. The van der Waals surface area contributed by atoms with Crippen LogP contribution in [0.2, 0.25) is 0 Å². The van der Waals surface area contributed by atoms with Crippen LogP contribution in [0.5, 0.6) is 5.75 Å². The van der Waals surface area contributed by atoms with E-state index in [1.54, 1.807) is 19.6 Å². The minimum atomic E-state index is 0.234. The van der Waals surface area contributed by atoms with Crippen molar-refractivity contribution in [2.75, 3.05) is 18.2 Å². The predicted molar refractivity (Wildman–Crippen MR) is 68.4 cm³/mol. The summed E-state index contributed by atoms with van der Waals surface area (Å²) in [7, 11) is 1.59. The van der Waals surface area contributed by atoms with Crippen molar-refractivity contribution in [3.63, 3.8) is 0 Å². The largest absolute Gasteiger partial charge is 0.490 e. The van der Waals surface area contributed by atoms with E-state index in [-0.39, 0.29) is 6.04 Å². The Hall–Kier alpha value is -1.76. The number of methoxy groups -OCH3 is 1. The number of rotatable bonds is 5. The molecule has 0 aliphatic carbocycles. The zero-order chi connectivity index (χ0) is 12.3. The van der Waals surface area contributed by atoms with Gasteiger partial charge in [0.1, 0.15) is 0 Å². The number of nitrogens with zero attached hydrogens (tertiary/aromatic N) is 3. The molecule has 92 valence electrons. The van der Waals surface area contributed by atoms with Gasteiger partial charge in [-0.15, -0.1) is 0 Å². The van der Waals surface area contributed by atoms with Gasteiger partial charge in [-0.25, -0.2) is 4.98 Å². The first-order valence-electron chi connectivity index (χ1n) is 5.22. The molecular weight excluding hydrogens is 238 g/mol. The summed E-state index contributed by atoms with van der Waals surface area (Å²) in [5, 5.41) is 4.18. The molecule has 3 N–H and O–H groups in total. The highest BCUT2D eigenvalue weighted by atomic mass is 32.1. The molecule has 6 nitrogen and oxygen atoms in total. The summed E-state index contributed by atoms with van der Waals surface area (Å²) in [5.74, 6) is 1.04. The zero-order valence-corrected chi connectivity index (χ0v) is 10.6. The first-order valence-corrected chi connectivity index (χ1v) is 5.99. The van der Waals surface area contributed by atoms with Crippen molar-refractivity contribution in [1.82, 2.24) is 13.9 Å². The fraction of sp³-hybridized carbons (Fsp3) is 0.400. The van der Waals surface area contributed by atoms with Gasteiger partial charge in [0.05, 0.1) is 13.4 Å². The smallest absolute Gasteiger partial charge is 0.197 e. The Labute approximate surface area is 104 Å². The van der Waals surface area contributed by atoms with E-state index in [4.69, 9.17) is 10.5 Å². The monoisotopic (exact) mass is 253 g/mol. The number of imidazole rings is 1. The molecule has 2 heterocycles. The Bertz CT molecular complexity index is 467. The molecule has 1 atom stereocenters. The van der Waals surface area contributed by atoms with Crippen molar-refractivity contribution >= 4 is 22.4 Å². The van der Waals surface area contributed by atoms with Gasteiger partial charge in [-0.2, -0.15) is 4.37 Å². The molecule has 2 aromatic heterocycles. The summed E-state index contributed by atoms with van der Waals surface area (Å²) in [5.41, 5.74) is 5.68. The van der Waals surface area contributed by atoms with E-state index in [9.17, 15) is 0 Å². The van der Waals surface area contributed by atoms with E-state index >= 15 is 0 Å². The number of aromatic nitrogens is 3. The normalized spacial score (nSPS) is 12.4. The van der Waals surface area contributed by atoms with E-state index < -0.39 is 0 Å². The first-order chi connectivity index (χ1) is 8.20. The zero-order valence-electron chi connectivity index (χ0n) is 9.75. The molecule has 7 heteroatoms. The second-order valence-corrected chi connectivity index (χ2v) is 4.51. The number of nitrogen functional groups attached to an aromatic ring is 1. The van der Waals surface area contributed by atoms with E-state index in [1.165, 1.54) is 11.5 Å². The number of anilines is 2. The fourth-order valence-corrected chi connectivity index (χ4v) is 2.36. The van der Waals surface area contributed by atoms with Crippen LogP contribution >= 0.6 is 11.5 Å². The predicted octanol–water partition coefficient (Wildman–Crippen LogP) is 1.43. The van der Waals surface area contributed by atoms with Crippen LogP contribution in [0, 0.1) is 0 Å². The SMILES string of the molecule is COc1c(N)nsc1NC(C)Cn1ccnc1. The quantitative estimate of drug-likeness (QED) is 0.843. The molecule has 0 aliphatic heterocycles. The second-order valence-electron chi connectivity index (χ2n) is 3.74. The molecule has 0 saturated carbocycles. The Balaban J connectivity index is 2.00. The third kappa shape index (κ3) is 2.68. The van der Waals surface area contributed by atoms with Gasteiger partial charge in [0.15, 0.2) is 16.6 Å². The maximum atomic E-state index is 5.68. The highest BCUT2D eigenvalue weighted by molar-refractivity contribution is 7.11. The van der Waals surface area contributed by atoms with E-state index in [1.807, 2.05) is 10.8 Å². The highest BCUT2D eigenvalue weighted by Crippen LogP contribution is 2.35. The summed E-state index contributed by atoms with van der Waals surface area (Å²) in [6.07, 6.45) is 5.48. The summed E-state index contributed by atoms with van der Waals surface area (Å²) in [4.78, 5) is 4.00. The van der Waals surface area contributed by atoms with Gasteiger partial charge >= 0.3 is 0 Å². The molecule has 0 spiro atoms. The number of hydrogen-bond acceptors (Lipinski definition) is 6. The Morgan fingerprint density at radius 1 is 1.65 bits per heavy atom. The molecule has 2 aromatic rings. The third-order valence-corrected chi connectivity index (χ3v) is 3.07. The maximum Gasteiger partial charge on any atom is 0.197 e. The van der Waals surface area contributed by atoms with Gasteiger partial charge in [-0.3, -0.25) is 0 Å². The van der Waals surface area contributed by atoms with Crippen LogP contribution in [-0.2, 0) is 6.54 Å². The fourth-order valence-electron chi connectivity index (χ4n) is 1.56. The molecule has 0 aromatic carbocycles. The standard InChI is InChI=1S/C10H15N5OS/c1-7(5-15-4-3-12-6-15)13-10-8(16-2)9(11)14-17-10/h3-4,6-7,13H,5H2,1-2H3,(H2,11,14). The van der Waals surface area contributed by atoms with Crippen LogP contribution in [0.1, 0.15) is 6.92 Å². The molecule has 0 fully saturated rings. The molecule has 1 unspecified atom stereocenters. The van der Waals surface area contributed by atoms with Gasteiger partial charge in [0.2, 0.25) is 0 Å². The lowest BCUT2D eigenvalue weighted by atomic mass is 10.3. The third-order valence-electron chi connectivity index (χ3n) is 2.30. The summed E-state index contributed by atoms with van der Waals surface area (Å²) >= 11 is 1.31. The van der Waals surface area contributed by atoms with Gasteiger partial charge in [0, 0.05) is 25.0 Å². The van der Waals surface area contributed by atoms with Crippen molar-refractivity contribution in [1.29, 1.82) is 0 Å². The molecule has 0 saturated heterocycles. The van der Waals surface area contributed by atoms with E-state index in [2.05, 4.69) is 21.6 Å². The van der Waals surface area contributed by atoms with Gasteiger partial charge in [-0.1, -0.05) is 0 Å². The number of nitrogens with two attached hydrogens (primary N) is 1. The lowest BCUT2D eigenvalue weighted by Crippen LogP contribution is -2.20. The summed E-state index contributed by atoms with van der Waals surface area (Å²) in [6.45, 7) is 2.90. The van der Waals surface area contributed by atoms with Crippen molar-refractivity contribution in [3.05, 3.63) is 18.7 Å². The van der Waals surface area contributed by atoms with Crippen LogP contribution in [0.3, 0.4) is 0 Å². The Kier molecular flexibility index (Phi) is 3.48. The van der Waals surface area contributed by atoms with Gasteiger partial charge in [0.25, 0.3) is 0 Å². The van der Waals surface area contributed by atoms with Crippen molar-refractivity contribution in [2.24, 2.45) is 0 Å². The minimum absolute atomic E-state index is 0.234. The van der Waals surface area contributed by atoms with Crippen LogP contribution in [-0.4, -0.2) is 27.1 Å². The van der Waals surface area contributed by atoms with Crippen LogP contribution in [0.25, 0.3) is 0 Å². The Morgan fingerprint density at radius 2 is 2.47 bits per heavy atom. The van der Waals surface area contributed by atoms with Crippen LogP contribution in [0.15, 0.2) is 18.7 Å². The minimum Gasteiger partial charge on any atom is -0.490 e. The molecule has 2 rings (SSSR count). The second kappa shape index (κ2) is 5.05. The molecular formula is C10H15N5OS. The van der Waals surface area contributed by atoms with Gasteiger partial charge in [-0.05, 0) is 18.5 Å². The molecule has 0 bridgehead atoms. The number of hydrogen-bond donors (Lipinski definition) is 2. The molecule has 0 amide bonds. The number of ether oxygens (including phenoxy) is 1. The lowest BCUT2D eigenvalue weighted by molar-refractivity contribution is 0.418. The van der Waals surface area contributed by atoms with Crippen molar-refractivity contribution in [3.8, 4) is 5.75 Å². The first kappa shape index (κ1) is 11.7. The van der Waals surface area contributed by atoms with Crippen LogP contribution in [0.4, 0.5) is 10.8 Å². The van der Waals surface area contributed by atoms with Crippen LogP contribution < -0.4 is 15.8 Å². The van der Waals surface area contributed by atoms with E-state index in [0.717, 1.165) is 11.5 Å². The topological polar surface area (TPSA) is 78.0 Å². The summed E-state index contributed by atoms with van der Waals surface area (Å²) < 4.78 is 11.3. The highest BCUT2D eigenvalue weighted by Gasteiger charge is 2.14. The van der Waals surface area contributed by atoms with E-state index in [0.29, 0.717) is 11.6 Å². The average molecular weight is 253 g/mol.